The molecule has 0 radical (unpaired) electrons. The van der Waals surface area contributed by atoms with Gasteiger partial charge in [-0.25, -0.2) is 4.39 Å². The maximum absolute atomic E-state index is 13.1. The first-order valence-corrected chi connectivity index (χ1v) is 4.87. The van der Waals surface area contributed by atoms with Gasteiger partial charge in [-0.1, -0.05) is 31.5 Å². The Morgan fingerprint density at radius 1 is 1.43 bits per heavy atom. The normalized spacial score (nSPS) is 11.8. The summed E-state index contributed by atoms with van der Waals surface area (Å²) < 4.78 is 13.1. The van der Waals surface area contributed by atoms with Crippen LogP contribution in [-0.2, 0) is 6.42 Å². The predicted molar refractivity (Wildman–Crippen MR) is 56.0 cm³/mol. The number of hydrogen-bond donors (Lipinski definition) is 1. The van der Waals surface area contributed by atoms with Crippen LogP contribution in [0.1, 0.15) is 19.4 Å². The summed E-state index contributed by atoms with van der Waals surface area (Å²) >= 11 is 5.56. The number of benzene rings is 1. The van der Waals surface area contributed by atoms with E-state index >= 15 is 0 Å². The van der Waals surface area contributed by atoms with Crippen LogP contribution in [0.15, 0.2) is 18.2 Å². The Bertz CT molecular complexity index is 323. The van der Waals surface area contributed by atoms with E-state index in [0.717, 1.165) is 5.56 Å². The van der Waals surface area contributed by atoms with Crippen LogP contribution in [-0.4, -0.2) is 11.7 Å². The number of rotatable bonds is 3. The van der Waals surface area contributed by atoms with E-state index < -0.39 is 5.82 Å². The fourth-order valence-electron chi connectivity index (χ4n) is 1.26. The standard InChI is InChI=1S/C11H14ClFO/c1-11(2,7-14)6-8-3-4-9(12)10(13)5-8/h3-5,14H,6-7H2,1-2H3. The highest BCUT2D eigenvalue weighted by Crippen LogP contribution is 2.23. The Morgan fingerprint density at radius 3 is 2.57 bits per heavy atom. The minimum Gasteiger partial charge on any atom is -0.396 e. The first-order chi connectivity index (χ1) is 6.44. The van der Waals surface area contributed by atoms with Gasteiger partial charge in [-0.05, 0) is 29.5 Å². The smallest absolute Gasteiger partial charge is 0.142 e. The first-order valence-electron chi connectivity index (χ1n) is 4.49. The monoisotopic (exact) mass is 216 g/mol. The number of halogens is 2. The molecule has 1 aromatic rings. The zero-order valence-electron chi connectivity index (χ0n) is 8.35. The largest absolute Gasteiger partial charge is 0.396 e. The molecule has 0 aliphatic rings. The van der Waals surface area contributed by atoms with Crippen molar-refractivity contribution in [2.75, 3.05) is 6.61 Å². The molecule has 0 amide bonds. The molecular formula is C11H14ClFO. The Labute approximate surface area is 88.5 Å². The molecule has 0 saturated heterocycles. The van der Waals surface area contributed by atoms with Gasteiger partial charge in [0.1, 0.15) is 5.82 Å². The molecule has 1 rings (SSSR count). The molecule has 78 valence electrons. The second kappa shape index (κ2) is 4.28. The Morgan fingerprint density at radius 2 is 2.07 bits per heavy atom. The van der Waals surface area contributed by atoms with E-state index in [1.165, 1.54) is 6.07 Å². The molecule has 0 bridgehead atoms. The van der Waals surface area contributed by atoms with Gasteiger partial charge >= 0.3 is 0 Å². The van der Waals surface area contributed by atoms with Crippen molar-refractivity contribution in [1.82, 2.24) is 0 Å². The lowest BCUT2D eigenvalue weighted by Gasteiger charge is -2.21. The Kier molecular flexibility index (Phi) is 3.51. The zero-order chi connectivity index (χ0) is 10.8. The van der Waals surface area contributed by atoms with Crippen LogP contribution in [0, 0.1) is 11.2 Å². The average Bonchev–Trinajstić information content (AvgIpc) is 2.11. The van der Waals surface area contributed by atoms with E-state index in [1.54, 1.807) is 12.1 Å². The summed E-state index contributed by atoms with van der Waals surface area (Å²) in [7, 11) is 0. The molecule has 0 unspecified atom stereocenters. The van der Waals surface area contributed by atoms with E-state index in [9.17, 15) is 4.39 Å². The van der Waals surface area contributed by atoms with Crippen molar-refractivity contribution in [3.63, 3.8) is 0 Å². The van der Waals surface area contributed by atoms with Crippen molar-refractivity contribution in [2.45, 2.75) is 20.3 Å². The van der Waals surface area contributed by atoms with Gasteiger partial charge < -0.3 is 5.11 Å². The molecule has 1 nitrogen and oxygen atoms in total. The third-order valence-electron chi connectivity index (χ3n) is 2.09. The maximum Gasteiger partial charge on any atom is 0.142 e. The third-order valence-corrected chi connectivity index (χ3v) is 2.40. The fraction of sp³-hybridized carbons (Fsp3) is 0.455. The van der Waals surface area contributed by atoms with Crippen molar-refractivity contribution in [1.29, 1.82) is 0 Å². The highest BCUT2D eigenvalue weighted by Gasteiger charge is 2.17. The third kappa shape index (κ3) is 2.96. The molecule has 1 aromatic carbocycles. The molecule has 0 aliphatic heterocycles. The maximum atomic E-state index is 13.1. The molecule has 0 saturated carbocycles. The van der Waals surface area contributed by atoms with Crippen LogP contribution < -0.4 is 0 Å². The summed E-state index contributed by atoms with van der Waals surface area (Å²) in [6.45, 7) is 3.94. The summed E-state index contributed by atoms with van der Waals surface area (Å²) in [5, 5.41) is 9.19. The van der Waals surface area contributed by atoms with Gasteiger partial charge in [-0.3, -0.25) is 0 Å². The number of aliphatic hydroxyl groups excluding tert-OH is 1. The summed E-state index contributed by atoms with van der Waals surface area (Å²) in [5.74, 6) is -0.405. The van der Waals surface area contributed by atoms with E-state index in [4.69, 9.17) is 16.7 Å². The summed E-state index contributed by atoms with van der Waals surface area (Å²) in [6.07, 6.45) is 0.636. The molecule has 0 heterocycles. The molecule has 0 spiro atoms. The zero-order valence-corrected chi connectivity index (χ0v) is 9.11. The van der Waals surface area contributed by atoms with Crippen molar-refractivity contribution in [3.8, 4) is 0 Å². The van der Waals surface area contributed by atoms with Crippen LogP contribution in [0.2, 0.25) is 5.02 Å². The van der Waals surface area contributed by atoms with E-state index in [0.29, 0.717) is 6.42 Å². The van der Waals surface area contributed by atoms with Gasteiger partial charge in [0.25, 0.3) is 0 Å². The highest BCUT2D eigenvalue weighted by atomic mass is 35.5. The predicted octanol–water partition coefficient (Wildman–Crippen LogP) is 3.04. The molecule has 1 N–H and O–H groups in total. The first kappa shape index (κ1) is 11.5. The van der Waals surface area contributed by atoms with Gasteiger partial charge in [-0.15, -0.1) is 0 Å². The quantitative estimate of drug-likeness (QED) is 0.824. The minimum atomic E-state index is -0.405. The van der Waals surface area contributed by atoms with Crippen LogP contribution in [0.4, 0.5) is 4.39 Å². The second-order valence-electron chi connectivity index (χ2n) is 4.25. The summed E-state index contributed by atoms with van der Waals surface area (Å²) in [4.78, 5) is 0. The second-order valence-corrected chi connectivity index (χ2v) is 4.65. The fourth-order valence-corrected chi connectivity index (χ4v) is 1.38. The molecule has 0 aliphatic carbocycles. The lowest BCUT2D eigenvalue weighted by atomic mass is 9.87. The lowest BCUT2D eigenvalue weighted by Crippen LogP contribution is -2.19. The molecule has 0 atom stereocenters. The number of hydrogen-bond acceptors (Lipinski definition) is 1. The molecule has 0 aromatic heterocycles. The van der Waals surface area contributed by atoms with Gasteiger partial charge in [0.2, 0.25) is 0 Å². The van der Waals surface area contributed by atoms with Crippen LogP contribution in [0.3, 0.4) is 0 Å². The van der Waals surface area contributed by atoms with Crippen LogP contribution >= 0.6 is 11.6 Å². The average molecular weight is 217 g/mol. The molecule has 3 heteroatoms. The van der Waals surface area contributed by atoms with Crippen molar-refractivity contribution in [2.24, 2.45) is 5.41 Å². The molecule has 0 fully saturated rings. The molecule has 14 heavy (non-hydrogen) atoms. The van der Waals surface area contributed by atoms with Crippen LogP contribution in [0.5, 0.6) is 0 Å². The van der Waals surface area contributed by atoms with Crippen molar-refractivity contribution in [3.05, 3.63) is 34.6 Å². The minimum absolute atomic E-state index is 0.0806. The number of aliphatic hydroxyl groups is 1. The van der Waals surface area contributed by atoms with Crippen molar-refractivity contribution < 1.29 is 9.50 Å². The molecular weight excluding hydrogens is 203 g/mol. The van der Waals surface area contributed by atoms with Gasteiger partial charge in [-0.2, -0.15) is 0 Å². The van der Waals surface area contributed by atoms with Crippen molar-refractivity contribution >= 4 is 11.6 Å². The Balaban J connectivity index is 2.83. The summed E-state index contributed by atoms with van der Waals surface area (Å²) in [5.41, 5.74) is 0.631. The lowest BCUT2D eigenvalue weighted by molar-refractivity contribution is 0.159. The van der Waals surface area contributed by atoms with E-state index in [-0.39, 0.29) is 17.0 Å². The summed E-state index contributed by atoms with van der Waals surface area (Å²) in [6, 6.07) is 4.74. The van der Waals surface area contributed by atoms with E-state index in [2.05, 4.69) is 0 Å². The SMILES string of the molecule is CC(C)(CO)Cc1ccc(Cl)c(F)c1. The highest BCUT2D eigenvalue weighted by molar-refractivity contribution is 6.30. The van der Waals surface area contributed by atoms with Gasteiger partial charge in [0.05, 0.1) is 5.02 Å². The van der Waals surface area contributed by atoms with Gasteiger partial charge in [0, 0.05) is 6.61 Å². The van der Waals surface area contributed by atoms with Crippen LogP contribution in [0.25, 0.3) is 0 Å². The van der Waals surface area contributed by atoms with E-state index in [1.807, 2.05) is 13.8 Å². The van der Waals surface area contributed by atoms with Gasteiger partial charge in [0.15, 0.2) is 0 Å². The topological polar surface area (TPSA) is 20.2 Å². The Hall–Kier alpha value is -0.600.